The van der Waals surface area contributed by atoms with E-state index in [0.717, 1.165) is 5.82 Å². The Morgan fingerprint density at radius 1 is 1.37 bits per heavy atom. The number of carbonyl (C=O) groups is 1. The van der Waals surface area contributed by atoms with Gasteiger partial charge in [-0.15, -0.1) is 10.2 Å². The van der Waals surface area contributed by atoms with Gasteiger partial charge < -0.3 is 9.47 Å². The molecule has 1 aliphatic rings. The maximum Gasteiger partial charge on any atom is 0.227 e. The molecular formula is C13H13FN4O. The van der Waals surface area contributed by atoms with Crippen molar-refractivity contribution >= 4 is 5.91 Å². The summed E-state index contributed by atoms with van der Waals surface area (Å²) < 4.78 is 15.0. The van der Waals surface area contributed by atoms with Crippen LogP contribution in [0.4, 0.5) is 4.39 Å². The quantitative estimate of drug-likeness (QED) is 0.809. The lowest BCUT2D eigenvalue weighted by molar-refractivity contribution is -0.132. The smallest absolute Gasteiger partial charge is 0.227 e. The maximum absolute atomic E-state index is 13.1. The molecule has 2 aromatic rings. The molecule has 0 saturated heterocycles. The van der Waals surface area contributed by atoms with Crippen LogP contribution in [0.3, 0.4) is 0 Å². The van der Waals surface area contributed by atoms with Gasteiger partial charge >= 0.3 is 0 Å². The molecule has 0 spiro atoms. The van der Waals surface area contributed by atoms with Gasteiger partial charge in [0, 0.05) is 13.1 Å². The van der Waals surface area contributed by atoms with Crippen LogP contribution in [0.2, 0.25) is 0 Å². The molecule has 1 amide bonds. The molecule has 0 aliphatic carbocycles. The molecule has 0 unspecified atom stereocenters. The summed E-state index contributed by atoms with van der Waals surface area (Å²) in [5, 5.41) is 7.79. The van der Waals surface area contributed by atoms with Gasteiger partial charge in [-0.2, -0.15) is 0 Å². The molecule has 1 aromatic carbocycles. The number of benzene rings is 1. The Balaban J connectivity index is 1.69. The van der Waals surface area contributed by atoms with E-state index in [1.807, 2.05) is 4.57 Å². The average Bonchev–Trinajstić information content (AvgIpc) is 2.85. The van der Waals surface area contributed by atoms with Crippen molar-refractivity contribution in [3.05, 3.63) is 47.8 Å². The second kappa shape index (κ2) is 4.79. The van der Waals surface area contributed by atoms with E-state index in [1.165, 1.54) is 12.1 Å². The van der Waals surface area contributed by atoms with Gasteiger partial charge in [0.15, 0.2) is 5.82 Å². The minimum absolute atomic E-state index is 0.0140. The van der Waals surface area contributed by atoms with Crippen LogP contribution in [-0.2, 0) is 24.3 Å². The topological polar surface area (TPSA) is 51.0 Å². The van der Waals surface area contributed by atoms with Crippen LogP contribution in [0.25, 0.3) is 0 Å². The first-order valence-electron chi connectivity index (χ1n) is 6.11. The van der Waals surface area contributed by atoms with Crippen molar-refractivity contribution in [1.82, 2.24) is 19.7 Å². The van der Waals surface area contributed by atoms with E-state index in [9.17, 15) is 9.18 Å². The second-order valence-electron chi connectivity index (χ2n) is 4.56. The molecule has 0 saturated carbocycles. The summed E-state index contributed by atoms with van der Waals surface area (Å²) >= 11 is 0. The van der Waals surface area contributed by atoms with Gasteiger partial charge in [0.2, 0.25) is 5.91 Å². The number of halogens is 1. The van der Waals surface area contributed by atoms with Crippen LogP contribution >= 0.6 is 0 Å². The van der Waals surface area contributed by atoms with E-state index in [-0.39, 0.29) is 18.1 Å². The van der Waals surface area contributed by atoms with Crippen LogP contribution in [0, 0.1) is 5.82 Å². The normalized spacial score (nSPS) is 14.3. The van der Waals surface area contributed by atoms with E-state index >= 15 is 0 Å². The molecule has 0 bridgehead atoms. The summed E-state index contributed by atoms with van der Waals surface area (Å²) in [6.07, 6.45) is 1.88. The molecule has 19 heavy (non-hydrogen) atoms. The highest BCUT2D eigenvalue weighted by molar-refractivity contribution is 5.78. The Morgan fingerprint density at radius 3 is 3.11 bits per heavy atom. The van der Waals surface area contributed by atoms with E-state index in [0.29, 0.717) is 25.2 Å². The number of rotatable bonds is 2. The summed E-state index contributed by atoms with van der Waals surface area (Å²) in [5.41, 5.74) is 0.692. The Morgan fingerprint density at radius 2 is 2.26 bits per heavy atom. The molecule has 0 radical (unpaired) electrons. The van der Waals surface area contributed by atoms with Crippen LogP contribution < -0.4 is 0 Å². The molecular weight excluding hydrogens is 247 g/mol. The Kier molecular flexibility index (Phi) is 2.98. The van der Waals surface area contributed by atoms with Gasteiger partial charge in [-0.25, -0.2) is 4.39 Å². The first-order valence-corrected chi connectivity index (χ1v) is 6.11. The van der Waals surface area contributed by atoms with Gasteiger partial charge in [0.25, 0.3) is 0 Å². The van der Waals surface area contributed by atoms with E-state index in [4.69, 9.17) is 0 Å². The standard InChI is InChI=1S/C13H13FN4O/c14-11-3-1-2-10(6-11)7-13(19)17-4-5-18-9-15-16-12(18)8-17/h1-3,6,9H,4-5,7-8H2. The van der Waals surface area contributed by atoms with Crippen LogP contribution in [-0.4, -0.2) is 32.1 Å². The lowest BCUT2D eigenvalue weighted by Gasteiger charge is -2.27. The molecule has 0 fully saturated rings. The number of carbonyl (C=O) groups excluding carboxylic acids is 1. The molecule has 1 aliphatic heterocycles. The lowest BCUT2D eigenvalue weighted by Crippen LogP contribution is -2.39. The van der Waals surface area contributed by atoms with Crippen molar-refractivity contribution < 1.29 is 9.18 Å². The number of aromatic nitrogens is 3. The van der Waals surface area contributed by atoms with Gasteiger partial charge in [-0.1, -0.05) is 12.1 Å². The minimum atomic E-state index is -0.316. The van der Waals surface area contributed by atoms with E-state index in [1.54, 1.807) is 23.4 Å². The number of hydrogen-bond donors (Lipinski definition) is 0. The van der Waals surface area contributed by atoms with Crippen molar-refractivity contribution in [2.24, 2.45) is 0 Å². The summed E-state index contributed by atoms with van der Waals surface area (Å²) in [7, 11) is 0. The Bertz CT molecular complexity index is 610. The lowest BCUT2D eigenvalue weighted by atomic mass is 10.1. The molecule has 0 N–H and O–H groups in total. The minimum Gasteiger partial charge on any atom is -0.333 e. The van der Waals surface area contributed by atoms with Crippen LogP contribution in [0.15, 0.2) is 30.6 Å². The summed E-state index contributed by atoms with van der Waals surface area (Å²) in [6, 6.07) is 6.14. The first kappa shape index (κ1) is 11.8. The SMILES string of the molecule is O=C(Cc1cccc(F)c1)N1CCn2cnnc2C1. The first-order chi connectivity index (χ1) is 9.22. The Labute approximate surface area is 109 Å². The number of nitrogens with zero attached hydrogens (tertiary/aromatic N) is 4. The predicted octanol–water partition coefficient (Wildman–Crippen LogP) is 1.00. The zero-order chi connectivity index (χ0) is 13.2. The second-order valence-corrected chi connectivity index (χ2v) is 4.56. The third kappa shape index (κ3) is 2.47. The van der Waals surface area contributed by atoms with Crippen molar-refractivity contribution in [3.63, 3.8) is 0 Å². The van der Waals surface area contributed by atoms with Crippen LogP contribution in [0.1, 0.15) is 11.4 Å². The molecule has 98 valence electrons. The van der Waals surface area contributed by atoms with Gasteiger partial charge in [0.05, 0.1) is 13.0 Å². The van der Waals surface area contributed by atoms with E-state index in [2.05, 4.69) is 10.2 Å². The summed E-state index contributed by atoms with van der Waals surface area (Å²) in [6.45, 7) is 1.81. The predicted molar refractivity (Wildman–Crippen MR) is 65.5 cm³/mol. The number of amides is 1. The summed E-state index contributed by atoms with van der Waals surface area (Å²) in [5.74, 6) is 0.461. The zero-order valence-corrected chi connectivity index (χ0v) is 10.3. The van der Waals surface area contributed by atoms with Gasteiger partial charge in [-0.05, 0) is 17.7 Å². The number of fused-ring (bicyclic) bond motifs is 1. The van der Waals surface area contributed by atoms with Crippen molar-refractivity contribution in [1.29, 1.82) is 0 Å². The van der Waals surface area contributed by atoms with Crippen molar-refractivity contribution in [3.8, 4) is 0 Å². The summed E-state index contributed by atoms with van der Waals surface area (Å²) in [4.78, 5) is 13.9. The fourth-order valence-electron chi connectivity index (χ4n) is 2.21. The largest absolute Gasteiger partial charge is 0.333 e. The van der Waals surface area contributed by atoms with Gasteiger partial charge in [0.1, 0.15) is 12.1 Å². The number of hydrogen-bond acceptors (Lipinski definition) is 3. The molecule has 5 nitrogen and oxygen atoms in total. The maximum atomic E-state index is 13.1. The molecule has 3 rings (SSSR count). The van der Waals surface area contributed by atoms with Gasteiger partial charge in [-0.3, -0.25) is 4.79 Å². The highest BCUT2D eigenvalue weighted by atomic mass is 19.1. The van der Waals surface area contributed by atoms with E-state index < -0.39 is 0 Å². The fraction of sp³-hybridized carbons (Fsp3) is 0.308. The van der Waals surface area contributed by atoms with Crippen LogP contribution in [0.5, 0.6) is 0 Å². The molecule has 2 heterocycles. The fourth-order valence-corrected chi connectivity index (χ4v) is 2.21. The molecule has 6 heteroatoms. The highest BCUT2D eigenvalue weighted by Crippen LogP contribution is 2.12. The zero-order valence-electron chi connectivity index (χ0n) is 10.3. The molecule has 0 atom stereocenters. The third-order valence-corrected chi connectivity index (χ3v) is 3.24. The third-order valence-electron chi connectivity index (χ3n) is 3.24. The van der Waals surface area contributed by atoms with Crippen molar-refractivity contribution in [2.45, 2.75) is 19.5 Å². The monoisotopic (exact) mass is 260 g/mol. The average molecular weight is 260 g/mol. The highest BCUT2D eigenvalue weighted by Gasteiger charge is 2.21. The molecule has 1 aromatic heterocycles. The van der Waals surface area contributed by atoms with Crippen molar-refractivity contribution in [2.75, 3.05) is 6.54 Å². The Hall–Kier alpha value is -2.24.